The van der Waals surface area contributed by atoms with Crippen LogP contribution in [-0.4, -0.2) is 38.9 Å². The van der Waals surface area contributed by atoms with E-state index in [0.29, 0.717) is 33.7 Å². The first-order chi connectivity index (χ1) is 17.4. The van der Waals surface area contributed by atoms with Crippen LogP contribution < -0.4 is 21.2 Å². The Kier molecular flexibility index (Phi) is 6.26. The molecule has 11 heteroatoms. The fraction of sp³-hybridized carbons (Fsp3) is 0.160. The molecule has 0 spiro atoms. The number of carbonyl (C=O) groups is 1. The van der Waals surface area contributed by atoms with Crippen molar-refractivity contribution in [1.82, 2.24) is 24.6 Å². The minimum absolute atomic E-state index is 0.121. The third kappa shape index (κ3) is 4.46. The van der Waals surface area contributed by atoms with E-state index in [-0.39, 0.29) is 29.8 Å². The van der Waals surface area contributed by atoms with Crippen LogP contribution in [0.3, 0.4) is 0 Å². The molecule has 0 radical (unpaired) electrons. The molecule has 5 rings (SSSR count). The van der Waals surface area contributed by atoms with Gasteiger partial charge in [0.15, 0.2) is 17.0 Å². The highest BCUT2D eigenvalue weighted by Crippen LogP contribution is 2.24. The molecule has 0 saturated heterocycles. The Bertz CT molecular complexity index is 1700. The van der Waals surface area contributed by atoms with Crippen LogP contribution >= 0.6 is 11.6 Å². The number of nitrogens with one attached hydrogen (secondary N) is 1. The number of methoxy groups -OCH3 is 1. The molecule has 182 valence electrons. The van der Waals surface area contributed by atoms with Crippen molar-refractivity contribution in [1.29, 1.82) is 0 Å². The third-order valence-corrected chi connectivity index (χ3v) is 5.94. The number of hydrogen-bond donors (Lipinski definition) is 1. The molecule has 0 atom stereocenters. The summed E-state index contributed by atoms with van der Waals surface area (Å²) in [5.41, 5.74) is 0.473. The molecule has 0 fully saturated rings. The zero-order valence-electron chi connectivity index (χ0n) is 19.1. The molecule has 0 aliphatic heterocycles. The smallest absolute Gasteiger partial charge is 0.349 e. The maximum Gasteiger partial charge on any atom is 0.349 e. The summed E-state index contributed by atoms with van der Waals surface area (Å²) < 4.78 is 13.5. The van der Waals surface area contributed by atoms with E-state index >= 15 is 0 Å². The molecular formula is C25H20ClN5O5. The van der Waals surface area contributed by atoms with Gasteiger partial charge in [0.25, 0.3) is 11.5 Å². The van der Waals surface area contributed by atoms with E-state index in [4.69, 9.17) is 20.8 Å². The van der Waals surface area contributed by atoms with Crippen LogP contribution in [-0.2, 0) is 13.1 Å². The number of aromatic nitrogens is 4. The van der Waals surface area contributed by atoms with E-state index in [1.807, 2.05) is 12.1 Å². The molecule has 0 bridgehead atoms. The summed E-state index contributed by atoms with van der Waals surface area (Å²) in [6.07, 6.45) is 2.92. The van der Waals surface area contributed by atoms with Gasteiger partial charge in [-0.05, 0) is 29.8 Å². The predicted molar refractivity (Wildman–Crippen MR) is 134 cm³/mol. The quantitative estimate of drug-likeness (QED) is 0.337. The van der Waals surface area contributed by atoms with Gasteiger partial charge in [-0.1, -0.05) is 35.9 Å². The first-order valence-electron chi connectivity index (χ1n) is 11.0. The Morgan fingerprint density at radius 1 is 1.17 bits per heavy atom. The zero-order valence-corrected chi connectivity index (χ0v) is 19.9. The highest BCUT2D eigenvalue weighted by molar-refractivity contribution is 6.30. The minimum atomic E-state index is -0.767. The van der Waals surface area contributed by atoms with Gasteiger partial charge in [0.1, 0.15) is 17.3 Å². The summed E-state index contributed by atoms with van der Waals surface area (Å²) in [5, 5.41) is 8.48. The lowest BCUT2D eigenvalue weighted by molar-refractivity contribution is 0.0948. The Labute approximate surface area is 208 Å². The molecule has 0 aliphatic rings. The monoisotopic (exact) mass is 505 g/mol. The number of carbonyl (C=O) groups excluding carboxylic acids is 1. The van der Waals surface area contributed by atoms with Gasteiger partial charge in [0.05, 0.1) is 26.4 Å². The molecule has 0 unspecified atom stereocenters. The third-order valence-electron chi connectivity index (χ3n) is 5.69. The summed E-state index contributed by atoms with van der Waals surface area (Å²) in [4.78, 5) is 42.3. The lowest BCUT2D eigenvalue weighted by Crippen LogP contribution is -2.31. The van der Waals surface area contributed by atoms with Crippen molar-refractivity contribution in [3.63, 3.8) is 0 Å². The maximum absolute atomic E-state index is 12.9. The molecule has 10 nitrogen and oxygen atoms in total. The molecule has 1 amide bonds. The number of ether oxygens (including phenoxy) is 1. The summed E-state index contributed by atoms with van der Waals surface area (Å²) in [5.74, 6) is -0.176. The Morgan fingerprint density at radius 2 is 1.97 bits per heavy atom. The summed E-state index contributed by atoms with van der Waals surface area (Å²) in [6, 6.07) is 13.8. The van der Waals surface area contributed by atoms with Gasteiger partial charge in [-0.15, -0.1) is 0 Å². The second-order valence-electron chi connectivity index (χ2n) is 7.99. The lowest BCUT2D eigenvalue weighted by atomic mass is 10.1. The van der Waals surface area contributed by atoms with Gasteiger partial charge in [-0.3, -0.25) is 14.2 Å². The molecule has 1 N–H and O–H groups in total. The average Bonchev–Trinajstić information content (AvgIpc) is 3.30. The molecule has 0 aliphatic carbocycles. The van der Waals surface area contributed by atoms with E-state index in [1.54, 1.807) is 30.3 Å². The van der Waals surface area contributed by atoms with Crippen LogP contribution in [0.25, 0.3) is 22.0 Å². The fourth-order valence-electron chi connectivity index (χ4n) is 3.87. The van der Waals surface area contributed by atoms with Crippen molar-refractivity contribution in [3.05, 3.63) is 98.0 Å². The lowest BCUT2D eigenvalue weighted by Gasteiger charge is -2.08. The van der Waals surface area contributed by atoms with E-state index < -0.39 is 11.5 Å². The van der Waals surface area contributed by atoms with Crippen LogP contribution in [0.15, 0.2) is 75.1 Å². The molecular weight excluding hydrogens is 486 g/mol. The Hall–Kier alpha value is -4.44. The predicted octanol–water partition coefficient (Wildman–Crippen LogP) is 2.84. The normalized spacial score (nSPS) is 11.2. The topological polar surface area (TPSA) is 121 Å². The van der Waals surface area contributed by atoms with Crippen molar-refractivity contribution in [3.8, 4) is 5.75 Å². The SMILES string of the molecule is COc1cccc2cc(C(=O)NCCn3ncc4c(=O)n(Cc5ccc(Cl)cc5)cnc43)c(=O)oc12. The summed E-state index contributed by atoms with van der Waals surface area (Å²) >= 11 is 5.92. The van der Waals surface area contributed by atoms with Crippen molar-refractivity contribution in [2.45, 2.75) is 13.1 Å². The number of hydrogen-bond acceptors (Lipinski definition) is 7. The molecule has 5 aromatic rings. The number of para-hydroxylation sites is 1. The van der Waals surface area contributed by atoms with E-state index in [0.717, 1.165) is 5.56 Å². The van der Waals surface area contributed by atoms with Crippen LogP contribution in [0.1, 0.15) is 15.9 Å². The van der Waals surface area contributed by atoms with Crippen molar-refractivity contribution in [2.75, 3.05) is 13.7 Å². The van der Waals surface area contributed by atoms with Gasteiger partial charge in [-0.25, -0.2) is 14.5 Å². The van der Waals surface area contributed by atoms with Crippen molar-refractivity contribution < 1.29 is 13.9 Å². The van der Waals surface area contributed by atoms with Crippen molar-refractivity contribution >= 4 is 39.5 Å². The largest absolute Gasteiger partial charge is 0.493 e. The number of benzene rings is 2. The second kappa shape index (κ2) is 9.67. The highest BCUT2D eigenvalue weighted by Gasteiger charge is 2.16. The second-order valence-corrected chi connectivity index (χ2v) is 8.43. The number of nitrogens with zero attached hydrogens (tertiary/aromatic N) is 4. The van der Waals surface area contributed by atoms with Crippen LogP contribution in [0.4, 0.5) is 0 Å². The van der Waals surface area contributed by atoms with Gasteiger partial charge >= 0.3 is 5.63 Å². The molecule has 0 saturated carbocycles. The van der Waals surface area contributed by atoms with Gasteiger partial charge < -0.3 is 14.5 Å². The average molecular weight is 506 g/mol. The van der Waals surface area contributed by atoms with E-state index in [1.165, 1.54) is 34.9 Å². The molecule has 3 aromatic heterocycles. The first kappa shape index (κ1) is 23.3. The fourth-order valence-corrected chi connectivity index (χ4v) is 3.99. The minimum Gasteiger partial charge on any atom is -0.493 e. The molecule has 3 heterocycles. The molecule has 36 heavy (non-hydrogen) atoms. The first-order valence-corrected chi connectivity index (χ1v) is 11.4. The molecule has 2 aromatic carbocycles. The van der Waals surface area contributed by atoms with Crippen LogP contribution in [0, 0.1) is 0 Å². The summed E-state index contributed by atoms with van der Waals surface area (Å²) in [6.45, 7) is 0.747. The number of rotatable bonds is 7. The maximum atomic E-state index is 12.9. The van der Waals surface area contributed by atoms with Gasteiger partial charge in [0.2, 0.25) is 0 Å². The van der Waals surface area contributed by atoms with E-state index in [9.17, 15) is 14.4 Å². The van der Waals surface area contributed by atoms with Crippen LogP contribution in [0.2, 0.25) is 5.02 Å². The number of halogens is 1. The van der Waals surface area contributed by atoms with E-state index in [2.05, 4.69) is 15.4 Å². The number of amides is 1. The van der Waals surface area contributed by atoms with Gasteiger partial charge in [-0.2, -0.15) is 5.10 Å². The highest BCUT2D eigenvalue weighted by atomic mass is 35.5. The standard InChI is InChI=1S/C25H20ClN5O5/c1-35-20-4-2-3-16-11-18(25(34)36-21(16)20)23(32)27-9-10-31-22-19(12-29-31)24(33)30(14-28-22)13-15-5-7-17(26)8-6-15/h2-8,11-12,14H,9-10,13H2,1H3,(H,27,32). The number of fused-ring (bicyclic) bond motifs is 2. The Balaban J connectivity index is 1.29. The zero-order chi connectivity index (χ0) is 25.2. The van der Waals surface area contributed by atoms with Gasteiger partial charge in [0, 0.05) is 17.0 Å². The van der Waals surface area contributed by atoms with Crippen LogP contribution in [0.5, 0.6) is 5.75 Å². The Morgan fingerprint density at radius 3 is 2.75 bits per heavy atom. The van der Waals surface area contributed by atoms with Crippen molar-refractivity contribution in [2.24, 2.45) is 0 Å². The summed E-state index contributed by atoms with van der Waals surface area (Å²) in [7, 11) is 1.47.